The minimum absolute atomic E-state index is 0.239. The molecule has 1 aromatic heterocycles. The fourth-order valence-electron chi connectivity index (χ4n) is 1.63. The molecule has 0 spiro atoms. The first-order chi connectivity index (χ1) is 9.10. The summed E-state index contributed by atoms with van der Waals surface area (Å²) in [7, 11) is 0. The average Bonchev–Trinajstić information content (AvgIpc) is 2.82. The molecule has 1 heterocycles. The van der Waals surface area contributed by atoms with Gasteiger partial charge in [-0.15, -0.1) is 0 Å². The fraction of sp³-hybridized carbons (Fsp3) is 0.214. The molecular weight excluding hydrogens is 326 g/mol. The highest BCUT2D eigenvalue weighted by atomic mass is 79.9. The van der Waals surface area contributed by atoms with Crippen molar-refractivity contribution in [1.29, 1.82) is 0 Å². The van der Waals surface area contributed by atoms with E-state index >= 15 is 0 Å². The van der Waals surface area contributed by atoms with Crippen molar-refractivity contribution in [1.82, 2.24) is 0 Å². The highest BCUT2D eigenvalue weighted by Crippen LogP contribution is 2.24. The molecule has 0 atom stereocenters. The van der Waals surface area contributed by atoms with E-state index in [0.717, 1.165) is 27.2 Å². The summed E-state index contributed by atoms with van der Waals surface area (Å²) in [5, 5.41) is 2.82. The Hall–Kier alpha value is -1.20. The maximum Gasteiger partial charge on any atom is 0.291 e. The molecule has 2 rings (SSSR count). The summed E-state index contributed by atoms with van der Waals surface area (Å²) in [4.78, 5) is 12.0. The van der Waals surface area contributed by atoms with Gasteiger partial charge in [0.05, 0.1) is 11.4 Å². The van der Waals surface area contributed by atoms with Crippen molar-refractivity contribution < 1.29 is 9.21 Å². The third kappa shape index (κ3) is 3.64. The highest BCUT2D eigenvalue weighted by Gasteiger charge is 2.12. The van der Waals surface area contributed by atoms with Gasteiger partial charge in [-0.2, -0.15) is 11.8 Å². The lowest BCUT2D eigenvalue weighted by Crippen LogP contribution is -2.11. The zero-order valence-electron chi connectivity index (χ0n) is 10.7. The molecule has 1 amide bonds. The Labute approximate surface area is 124 Å². The molecule has 2 aromatic rings. The van der Waals surface area contributed by atoms with E-state index in [4.69, 9.17) is 4.42 Å². The second-order valence-corrected chi connectivity index (χ2v) is 5.86. The van der Waals surface area contributed by atoms with E-state index in [0.29, 0.717) is 5.76 Å². The van der Waals surface area contributed by atoms with Crippen molar-refractivity contribution in [3.05, 3.63) is 51.9 Å². The zero-order valence-corrected chi connectivity index (χ0v) is 13.1. The van der Waals surface area contributed by atoms with Crippen LogP contribution in [0.25, 0.3) is 0 Å². The summed E-state index contributed by atoms with van der Waals surface area (Å²) < 4.78 is 6.33. The van der Waals surface area contributed by atoms with Crippen LogP contribution in [0, 0.1) is 6.92 Å². The van der Waals surface area contributed by atoms with Gasteiger partial charge in [0.25, 0.3) is 5.91 Å². The molecule has 1 aromatic carbocycles. The van der Waals surface area contributed by atoms with Crippen LogP contribution in [0.2, 0.25) is 0 Å². The van der Waals surface area contributed by atoms with Gasteiger partial charge < -0.3 is 9.73 Å². The first-order valence-electron chi connectivity index (χ1n) is 5.75. The van der Waals surface area contributed by atoms with Crippen LogP contribution in [-0.2, 0) is 5.75 Å². The van der Waals surface area contributed by atoms with Crippen LogP contribution < -0.4 is 5.32 Å². The molecular formula is C14H14BrNO2S. The molecule has 100 valence electrons. The molecule has 0 saturated heterocycles. The first kappa shape index (κ1) is 14.2. The zero-order chi connectivity index (χ0) is 13.8. The number of nitrogens with one attached hydrogen (secondary N) is 1. The van der Waals surface area contributed by atoms with Crippen molar-refractivity contribution >= 4 is 39.3 Å². The molecule has 5 heteroatoms. The highest BCUT2D eigenvalue weighted by molar-refractivity contribution is 9.10. The van der Waals surface area contributed by atoms with Crippen LogP contribution in [0.1, 0.15) is 21.9 Å². The number of hydrogen-bond acceptors (Lipinski definition) is 3. The largest absolute Gasteiger partial charge is 0.455 e. The lowest BCUT2D eigenvalue weighted by atomic mass is 10.2. The average molecular weight is 340 g/mol. The second-order valence-electron chi connectivity index (χ2n) is 4.14. The molecule has 0 unspecified atom stereocenters. The second kappa shape index (κ2) is 6.30. The number of furan rings is 1. The number of hydrogen-bond donors (Lipinski definition) is 1. The number of anilines is 1. The van der Waals surface area contributed by atoms with Gasteiger partial charge >= 0.3 is 0 Å². The molecule has 0 fully saturated rings. The number of rotatable bonds is 4. The van der Waals surface area contributed by atoms with Gasteiger partial charge in [-0.1, -0.05) is 6.07 Å². The molecule has 19 heavy (non-hydrogen) atoms. The first-order valence-corrected chi connectivity index (χ1v) is 7.94. The molecule has 0 bridgehead atoms. The predicted octanol–water partition coefficient (Wildman–Crippen LogP) is 4.47. The monoisotopic (exact) mass is 339 g/mol. The van der Waals surface area contributed by atoms with E-state index in [1.807, 2.05) is 37.4 Å². The molecule has 0 aliphatic carbocycles. The normalized spacial score (nSPS) is 10.5. The van der Waals surface area contributed by atoms with Crippen LogP contribution in [0.3, 0.4) is 0 Å². The van der Waals surface area contributed by atoms with Crippen molar-refractivity contribution in [3.63, 3.8) is 0 Å². The van der Waals surface area contributed by atoms with Gasteiger partial charge in [-0.25, -0.2) is 0 Å². The van der Waals surface area contributed by atoms with Crippen LogP contribution in [0.5, 0.6) is 0 Å². The quantitative estimate of drug-likeness (QED) is 0.893. The summed E-state index contributed by atoms with van der Waals surface area (Å²) in [5.41, 5.74) is 1.86. The van der Waals surface area contributed by atoms with Crippen molar-refractivity contribution in [2.24, 2.45) is 0 Å². The van der Waals surface area contributed by atoms with E-state index < -0.39 is 0 Å². The predicted molar refractivity (Wildman–Crippen MR) is 82.8 cm³/mol. The van der Waals surface area contributed by atoms with E-state index in [9.17, 15) is 4.79 Å². The Morgan fingerprint density at radius 3 is 2.84 bits per heavy atom. The van der Waals surface area contributed by atoms with Gasteiger partial charge in [-0.3, -0.25) is 4.79 Å². The maximum absolute atomic E-state index is 12.0. The third-order valence-electron chi connectivity index (χ3n) is 2.54. The number of carbonyl (C=O) groups excluding carboxylic acids is 1. The number of thioether (sulfide) groups is 1. The van der Waals surface area contributed by atoms with Crippen molar-refractivity contribution in [3.8, 4) is 0 Å². The van der Waals surface area contributed by atoms with Crippen LogP contribution in [0.4, 0.5) is 5.69 Å². The number of aryl methyl sites for hydroxylation is 1. The summed E-state index contributed by atoms with van der Waals surface area (Å²) in [6.07, 6.45) is 1.99. The Morgan fingerprint density at radius 2 is 2.16 bits per heavy atom. The SMILES string of the molecule is CSCc1ccc(C(=O)Nc2ccc(C)cc2Br)o1. The standard InChI is InChI=1S/C14H14BrNO2S/c1-9-3-5-12(11(15)7-9)16-14(17)13-6-4-10(18-13)8-19-2/h3-7H,8H2,1-2H3,(H,16,17). The Balaban J connectivity index is 2.11. The molecule has 0 radical (unpaired) electrons. The molecule has 0 aliphatic rings. The van der Waals surface area contributed by atoms with Gasteiger partial charge in [0, 0.05) is 4.47 Å². The fourth-order valence-corrected chi connectivity index (χ4v) is 2.66. The molecule has 0 aliphatic heterocycles. The number of amides is 1. The van der Waals surface area contributed by atoms with Crippen LogP contribution in [-0.4, -0.2) is 12.2 Å². The maximum atomic E-state index is 12.0. The summed E-state index contributed by atoms with van der Waals surface area (Å²) in [6, 6.07) is 9.29. The summed E-state index contributed by atoms with van der Waals surface area (Å²) in [6.45, 7) is 2.00. The van der Waals surface area contributed by atoms with Gasteiger partial charge in [0.15, 0.2) is 5.76 Å². The molecule has 0 saturated carbocycles. The molecule has 3 nitrogen and oxygen atoms in total. The lowest BCUT2D eigenvalue weighted by Gasteiger charge is -2.06. The van der Waals surface area contributed by atoms with E-state index in [1.54, 1.807) is 17.8 Å². The summed E-state index contributed by atoms with van der Waals surface area (Å²) in [5.74, 6) is 1.66. The van der Waals surface area contributed by atoms with Gasteiger partial charge in [0.2, 0.25) is 0 Å². The van der Waals surface area contributed by atoms with E-state index in [2.05, 4.69) is 21.2 Å². The third-order valence-corrected chi connectivity index (χ3v) is 3.77. The van der Waals surface area contributed by atoms with E-state index in [-0.39, 0.29) is 5.91 Å². The van der Waals surface area contributed by atoms with E-state index in [1.165, 1.54) is 0 Å². The van der Waals surface area contributed by atoms with Crippen molar-refractivity contribution in [2.75, 3.05) is 11.6 Å². The Bertz CT molecular complexity index is 595. The Kier molecular flexibility index (Phi) is 4.71. The topological polar surface area (TPSA) is 42.2 Å². The van der Waals surface area contributed by atoms with Crippen LogP contribution >= 0.6 is 27.7 Å². The number of carbonyl (C=O) groups is 1. The minimum atomic E-state index is -0.239. The van der Waals surface area contributed by atoms with Gasteiger partial charge in [-0.05, 0) is 58.9 Å². The number of benzene rings is 1. The number of halogens is 1. The smallest absolute Gasteiger partial charge is 0.291 e. The van der Waals surface area contributed by atoms with Gasteiger partial charge in [0.1, 0.15) is 5.76 Å². The van der Waals surface area contributed by atoms with Crippen molar-refractivity contribution in [2.45, 2.75) is 12.7 Å². The minimum Gasteiger partial charge on any atom is -0.455 e. The lowest BCUT2D eigenvalue weighted by molar-refractivity contribution is 0.0995. The summed E-state index contributed by atoms with van der Waals surface area (Å²) >= 11 is 5.08. The van der Waals surface area contributed by atoms with Crippen LogP contribution in [0.15, 0.2) is 39.2 Å². The molecule has 1 N–H and O–H groups in total. The Morgan fingerprint density at radius 1 is 1.37 bits per heavy atom.